The Hall–Kier alpha value is -5.03. The lowest BCUT2D eigenvalue weighted by Gasteiger charge is -2.10. The number of hydrazine groups is 1. The van der Waals surface area contributed by atoms with E-state index >= 15 is 0 Å². The van der Waals surface area contributed by atoms with Gasteiger partial charge in [0.25, 0.3) is 17.4 Å². The maximum absolute atomic E-state index is 13.0. The van der Waals surface area contributed by atoms with Crippen molar-refractivity contribution in [2.75, 3.05) is 0 Å². The normalized spacial score (nSPS) is 10.8. The number of aromatic nitrogens is 4. The van der Waals surface area contributed by atoms with Gasteiger partial charge < -0.3 is 10.1 Å². The van der Waals surface area contributed by atoms with Crippen LogP contribution in [0.15, 0.2) is 89.9 Å². The summed E-state index contributed by atoms with van der Waals surface area (Å²) in [6.07, 6.45) is 1.29. The second kappa shape index (κ2) is 9.31. The van der Waals surface area contributed by atoms with E-state index in [1.165, 1.54) is 33.6 Å². The first-order valence-electron chi connectivity index (χ1n) is 10.7. The Balaban J connectivity index is 1.35. The molecule has 0 atom stereocenters. The molecule has 2 amide bonds. The van der Waals surface area contributed by atoms with Gasteiger partial charge in [0.1, 0.15) is 0 Å². The molecule has 0 bridgehead atoms. The van der Waals surface area contributed by atoms with Gasteiger partial charge in [-0.1, -0.05) is 36.4 Å². The predicted octanol–water partition coefficient (Wildman–Crippen LogP) is 3.01. The van der Waals surface area contributed by atoms with Crippen LogP contribution in [-0.2, 0) is 0 Å². The fourth-order valence-corrected chi connectivity index (χ4v) is 3.95. The van der Waals surface area contributed by atoms with Gasteiger partial charge in [0, 0.05) is 5.56 Å². The molecule has 5 aromatic rings. The molecule has 0 aliphatic rings. The maximum Gasteiger partial charge on any atom is 0.294 e. The van der Waals surface area contributed by atoms with E-state index in [1.54, 1.807) is 48.5 Å². The van der Waals surface area contributed by atoms with Gasteiger partial charge in [-0.25, -0.2) is 4.68 Å². The molecule has 11 heteroatoms. The first-order valence-corrected chi connectivity index (χ1v) is 11.1. The molecular formula is C25H18N6O4S. The topological polar surface area (TPSA) is 134 Å². The van der Waals surface area contributed by atoms with Gasteiger partial charge in [-0.05, 0) is 54.7 Å². The molecule has 0 spiro atoms. The highest BCUT2D eigenvalue weighted by Gasteiger charge is 2.18. The highest BCUT2D eigenvalue weighted by molar-refractivity contribution is 7.71. The molecular weight excluding hydrogens is 480 g/mol. The first kappa shape index (κ1) is 22.7. The molecule has 0 saturated carbocycles. The summed E-state index contributed by atoms with van der Waals surface area (Å²) in [4.78, 5) is 41.2. The maximum atomic E-state index is 13.0. The van der Waals surface area contributed by atoms with Gasteiger partial charge in [-0.3, -0.25) is 29.8 Å². The minimum atomic E-state index is -0.804. The van der Waals surface area contributed by atoms with Crippen LogP contribution < -0.4 is 16.4 Å². The predicted molar refractivity (Wildman–Crippen MR) is 135 cm³/mol. The van der Waals surface area contributed by atoms with E-state index in [0.29, 0.717) is 22.3 Å². The number of fused-ring (bicyclic) bond motifs is 1. The number of para-hydroxylation sites is 2. The minimum Gasteiger partial charge on any atom is -0.504 e. The number of aromatic hydroxyl groups is 1. The number of benzene rings is 3. The van der Waals surface area contributed by atoms with Gasteiger partial charge in [0.05, 0.1) is 28.5 Å². The van der Waals surface area contributed by atoms with Crippen molar-refractivity contribution < 1.29 is 14.7 Å². The number of carbonyl (C=O) groups excluding carboxylic acids is 2. The number of carbonyl (C=O) groups is 2. The van der Waals surface area contributed by atoms with Crippen molar-refractivity contribution in [3.05, 3.63) is 111 Å². The van der Waals surface area contributed by atoms with Crippen molar-refractivity contribution in [3.63, 3.8) is 0 Å². The van der Waals surface area contributed by atoms with Crippen LogP contribution in [0.1, 0.15) is 20.8 Å². The molecule has 4 N–H and O–H groups in total. The van der Waals surface area contributed by atoms with Crippen LogP contribution in [0.2, 0.25) is 0 Å². The summed E-state index contributed by atoms with van der Waals surface area (Å²) in [5.41, 5.74) is 5.73. The molecule has 10 nitrogen and oxygen atoms in total. The molecule has 0 fully saturated rings. The molecule has 0 radical (unpaired) electrons. The Morgan fingerprint density at radius 2 is 1.53 bits per heavy atom. The summed E-state index contributed by atoms with van der Waals surface area (Å²) in [7, 11) is 0. The SMILES string of the molecule is O=C(NNC(=O)c1nn(-c2ccccc2)cc1O)c1ccc2c(=O)n(-c3ccccc3)c(=S)[nH]c2c1. The van der Waals surface area contributed by atoms with Gasteiger partial charge >= 0.3 is 0 Å². The van der Waals surface area contributed by atoms with E-state index in [4.69, 9.17) is 12.2 Å². The Labute approximate surface area is 208 Å². The number of hydrogen-bond donors (Lipinski definition) is 4. The minimum absolute atomic E-state index is 0.171. The van der Waals surface area contributed by atoms with E-state index in [0.717, 1.165) is 0 Å². The molecule has 0 aliphatic carbocycles. The fourth-order valence-electron chi connectivity index (χ4n) is 3.66. The molecule has 36 heavy (non-hydrogen) atoms. The molecule has 0 unspecified atom stereocenters. The van der Waals surface area contributed by atoms with Crippen LogP contribution in [0.5, 0.6) is 5.75 Å². The van der Waals surface area contributed by atoms with Gasteiger partial charge in [0.2, 0.25) is 0 Å². The Morgan fingerprint density at radius 1 is 0.889 bits per heavy atom. The number of aromatic amines is 1. The molecule has 178 valence electrons. The average molecular weight is 499 g/mol. The lowest BCUT2D eigenvalue weighted by molar-refractivity contribution is 0.0842. The lowest BCUT2D eigenvalue weighted by atomic mass is 10.1. The number of amides is 2. The summed E-state index contributed by atoms with van der Waals surface area (Å²) in [5.74, 6) is -1.79. The van der Waals surface area contributed by atoms with E-state index in [2.05, 4.69) is 20.9 Å². The van der Waals surface area contributed by atoms with Crippen LogP contribution in [0.4, 0.5) is 0 Å². The van der Waals surface area contributed by atoms with Crippen LogP contribution in [0.3, 0.4) is 0 Å². The Bertz CT molecular complexity index is 1730. The van der Waals surface area contributed by atoms with E-state index in [1.807, 2.05) is 12.1 Å². The van der Waals surface area contributed by atoms with Crippen molar-refractivity contribution >= 4 is 34.9 Å². The first-order chi connectivity index (χ1) is 17.4. The van der Waals surface area contributed by atoms with Crippen molar-refractivity contribution in [2.24, 2.45) is 0 Å². The van der Waals surface area contributed by atoms with E-state index in [-0.39, 0.29) is 27.3 Å². The molecule has 5 rings (SSSR count). The quantitative estimate of drug-likeness (QED) is 0.222. The van der Waals surface area contributed by atoms with Crippen molar-refractivity contribution in [3.8, 4) is 17.1 Å². The molecule has 3 aromatic carbocycles. The third-order valence-corrected chi connectivity index (χ3v) is 5.68. The monoisotopic (exact) mass is 498 g/mol. The van der Waals surface area contributed by atoms with E-state index < -0.39 is 11.8 Å². The zero-order valence-corrected chi connectivity index (χ0v) is 19.3. The van der Waals surface area contributed by atoms with Crippen LogP contribution in [0.25, 0.3) is 22.3 Å². The van der Waals surface area contributed by atoms with Crippen molar-refractivity contribution in [1.82, 2.24) is 30.2 Å². The van der Waals surface area contributed by atoms with Gasteiger partial charge in [-0.15, -0.1) is 0 Å². The van der Waals surface area contributed by atoms with Crippen LogP contribution in [0, 0.1) is 4.77 Å². The molecule has 2 aromatic heterocycles. The summed E-state index contributed by atoms with van der Waals surface area (Å²) in [6, 6.07) is 22.3. The lowest BCUT2D eigenvalue weighted by Crippen LogP contribution is -2.41. The van der Waals surface area contributed by atoms with Gasteiger partial charge in [0.15, 0.2) is 16.2 Å². The number of hydrogen-bond acceptors (Lipinski definition) is 6. The van der Waals surface area contributed by atoms with Crippen LogP contribution in [-0.4, -0.2) is 36.3 Å². The largest absolute Gasteiger partial charge is 0.504 e. The number of H-pyrrole nitrogens is 1. The third-order valence-electron chi connectivity index (χ3n) is 5.39. The number of rotatable bonds is 4. The molecule has 0 saturated heterocycles. The highest BCUT2D eigenvalue weighted by Crippen LogP contribution is 2.18. The summed E-state index contributed by atoms with van der Waals surface area (Å²) >= 11 is 5.36. The Morgan fingerprint density at radius 3 is 2.22 bits per heavy atom. The second-order valence-corrected chi connectivity index (χ2v) is 8.10. The second-order valence-electron chi connectivity index (χ2n) is 7.72. The van der Waals surface area contributed by atoms with E-state index in [9.17, 15) is 19.5 Å². The Kier molecular flexibility index (Phi) is 5.88. The van der Waals surface area contributed by atoms with Crippen LogP contribution >= 0.6 is 12.2 Å². The third kappa shape index (κ3) is 4.26. The summed E-state index contributed by atoms with van der Waals surface area (Å²) < 4.78 is 2.90. The highest BCUT2D eigenvalue weighted by atomic mass is 32.1. The van der Waals surface area contributed by atoms with Crippen molar-refractivity contribution in [2.45, 2.75) is 0 Å². The van der Waals surface area contributed by atoms with Crippen molar-refractivity contribution in [1.29, 1.82) is 0 Å². The summed E-state index contributed by atoms with van der Waals surface area (Å²) in [5, 5.41) is 14.5. The summed E-state index contributed by atoms with van der Waals surface area (Å²) in [6.45, 7) is 0. The number of nitrogens with zero attached hydrogens (tertiary/aromatic N) is 3. The van der Waals surface area contributed by atoms with Gasteiger partial charge in [-0.2, -0.15) is 5.10 Å². The fraction of sp³-hybridized carbons (Fsp3) is 0. The zero-order valence-electron chi connectivity index (χ0n) is 18.5. The molecule has 2 heterocycles. The molecule has 0 aliphatic heterocycles. The number of nitrogens with one attached hydrogen (secondary N) is 3. The zero-order chi connectivity index (χ0) is 25.2. The smallest absolute Gasteiger partial charge is 0.294 e. The average Bonchev–Trinajstić information content (AvgIpc) is 3.29. The standard InChI is InChI=1S/C25H18N6O4S/c32-20-14-30(16-7-3-1-4-8-16)29-21(20)23(34)28-27-22(33)15-11-12-18-19(13-15)26-25(36)31(24(18)35)17-9-5-2-6-10-17/h1-14,32H,(H,26,36)(H,27,33)(H,28,34).